The fourth-order valence-corrected chi connectivity index (χ4v) is 3.08. The average Bonchev–Trinajstić information content (AvgIpc) is 3.02. The molecule has 8 heteroatoms. The standard InChI is InChI=1S/C17H14F2N2O4/c18-17(19)24-13-6-5-10(8-14(13)25-17)20-16(23)21-15-11-4-2-1-3-9(11)7-12(15)22/h1-6,8,12,15,22H,7H2,(H2,20,21,23)/t12-,15+/m0/s1. The van der Waals surface area contributed by atoms with Crippen molar-refractivity contribution in [2.75, 3.05) is 5.32 Å². The number of amides is 2. The highest BCUT2D eigenvalue weighted by atomic mass is 19.3. The van der Waals surface area contributed by atoms with Crippen molar-refractivity contribution in [3.8, 4) is 11.5 Å². The summed E-state index contributed by atoms with van der Waals surface area (Å²) in [4.78, 5) is 12.2. The van der Waals surface area contributed by atoms with Crippen molar-refractivity contribution in [3.63, 3.8) is 0 Å². The van der Waals surface area contributed by atoms with E-state index < -0.39 is 24.5 Å². The number of halogens is 2. The predicted molar refractivity (Wildman–Crippen MR) is 83.7 cm³/mol. The Labute approximate surface area is 141 Å². The molecule has 2 amide bonds. The lowest BCUT2D eigenvalue weighted by Crippen LogP contribution is -2.36. The van der Waals surface area contributed by atoms with Gasteiger partial charge in [-0.3, -0.25) is 0 Å². The molecule has 0 radical (unpaired) electrons. The number of carbonyl (C=O) groups excluding carboxylic acids is 1. The van der Waals surface area contributed by atoms with Gasteiger partial charge in [0.15, 0.2) is 11.5 Å². The van der Waals surface area contributed by atoms with Crippen LogP contribution in [0.2, 0.25) is 0 Å². The van der Waals surface area contributed by atoms with Crippen molar-refractivity contribution in [1.29, 1.82) is 0 Å². The van der Waals surface area contributed by atoms with E-state index in [4.69, 9.17) is 0 Å². The van der Waals surface area contributed by atoms with Crippen LogP contribution in [0.3, 0.4) is 0 Å². The number of rotatable bonds is 2. The summed E-state index contributed by atoms with van der Waals surface area (Å²) in [7, 11) is 0. The summed E-state index contributed by atoms with van der Waals surface area (Å²) < 4.78 is 34.7. The molecule has 25 heavy (non-hydrogen) atoms. The van der Waals surface area contributed by atoms with Crippen LogP contribution in [-0.2, 0) is 6.42 Å². The molecule has 130 valence electrons. The Morgan fingerprint density at radius 3 is 2.76 bits per heavy atom. The summed E-state index contributed by atoms with van der Waals surface area (Å²) in [5.74, 6) is -0.259. The molecule has 1 aliphatic heterocycles. The lowest BCUT2D eigenvalue weighted by Gasteiger charge is -2.18. The van der Waals surface area contributed by atoms with Crippen LogP contribution in [0.15, 0.2) is 42.5 Å². The molecular formula is C17H14F2N2O4. The van der Waals surface area contributed by atoms with E-state index in [1.807, 2.05) is 24.3 Å². The first kappa shape index (κ1) is 15.6. The Balaban J connectivity index is 1.45. The van der Waals surface area contributed by atoms with Gasteiger partial charge >= 0.3 is 12.3 Å². The van der Waals surface area contributed by atoms with E-state index in [9.17, 15) is 18.7 Å². The number of aliphatic hydroxyl groups excluding tert-OH is 1. The van der Waals surface area contributed by atoms with E-state index in [1.54, 1.807) is 0 Å². The summed E-state index contributed by atoms with van der Waals surface area (Å²) in [5, 5.41) is 15.4. The maximum atomic E-state index is 13.0. The molecule has 3 N–H and O–H groups in total. The molecule has 0 aromatic heterocycles. The molecular weight excluding hydrogens is 334 g/mol. The molecule has 0 saturated heterocycles. The first-order valence-electron chi connectivity index (χ1n) is 7.64. The maximum absolute atomic E-state index is 13.0. The van der Waals surface area contributed by atoms with Gasteiger partial charge in [-0.2, -0.15) is 0 Å². The van der Waals surface area contributed by atoms with Gasteiger partial charge in [-0.25, -0.2) is 4.79 Å². The molecule has 0 bridgehead atoms. The number of anilines is 1. The summed E-state index contributed by atoms with van der Waals surface area (Å²) >= 11 is 0. The van der Waals surface area contributed by atoms with E-state index in [2.05, 4.69) is 20.1 Å². The van der Waals surface area contributed by atoms with Crippen molar-refractivity contribution in [1.82, 2.24) is 5.32 Å². The normalized spacial score (nSPS) is 22.4. The lowest BCUT2D eigenvalue weighted by atomic mass is 10.1. The van der Waals surface area contributed by atoms with Gasteiger partial charge in [0.1, 0.15) is 0 Å². The van der Waals surface area contributed by atoms with Gasteiger partial charge in [0.05, 0.1) is 12.1 Å². The second kappa shape index (κ2) is 5.59. The minimum Gasteiger partial charge on any atom is -0.395 e. The van der Waals surface area contributed by atoms with Gasteiger partial charge in [0.25, 0.3) is 0 Å². The third-order valence-electron chi connectivity index (χ3n) is 4.15. The molecule has 2 aromatic carbocycles. The zero-order valence-corrected chi connectivity index (χ0v) is 12.8. The van der Waals surface area contributed by atoms with Crippen LogP contribution < -0.4 is 20.1 Å². The van der Waals surface area contributed by atoms with Gasteiger partial charge < -0.3 is 25.2 Å². The van der Waals surface area contributed by atoms with Crippen LogP contribution in [0.1, 0.15) is 17.2 Å². The van der Waals surface area contributed by atoms with Crippen LogP contribution in [0, 0.1) is 0 Å². The molecule has 0 saturated carbocycles. The third-order valence-corrected chi connectivity index (χ3v) is 4.15. The van der Waals surface area contributed by atoms with Crippen LogP contribution in [0.25, 0.3) is 0 Å². The zero-order chi connectivity index (χ0) is 17.6. The fourth-order valence-electron chi connectivity index (χ4n) is 3.08. The molecule has 2 atom stereocenters. The molecule has 2 aliphatic rings. The summed E-state index contributed by atoms with van der Waals surface area (Å²) in [6.45, 7) is 0. The average molecular weight is 348 g/mol. The van der Waals surface area contributed by atoms with E-state index >= 15 is 0 Å². The zero-order valence-electron chi connectivity index (χ0n) is 12.8. The molecule has 0 spiro atoms. The summed E-state index contributed by atoms with van der Waals surface area (Å²) in [6, 6.07) is 10.3. The predicted octanol–water partition coefficient (Wildman–Crippen LogP) is 2.79. The minimum absolute atomic E-state index is 0.101. The number of carbonyl (C=O) groups is 1. The number of nitrogens with one attached hydrogen (secondary N) is 2. The molecule has 4 rings (SSSR count). The van der Waals surface area contributed by atoms with Crippen molar-refractivity contribution in [2.45, 2.75) is 24.9 Å². The van der Waals surface area contributed by atoms with Gasteiger partial charge in [0, 0.05) is 18.2 Å². The van der Waals surface area contributed by atoms with Gasteiger partial charge in [0.2, 0.25) is 0 Å². The first-order valence-corrected chi connectivity index (χ1v) is 7.64. The highest BCUT2D eigenvalue weighted by molar-refractivity contribution is 5.90. The van der Waals surface area contributed by atoms with Gasteiger partial charge in [-0.05, 0) is 23.3 Å². The van der Waals surface area contributed by atoms with Crippen molar-refractivity contribution in [2.24, 2.45) is 0 Å². The number of fused-ring (bicyclic) bond motifs is 2. The first-order chi connectivity index (χ1) is 11.9. The Kier molecular flexibility index (Phi) is 3.50. The number of urea groups is 1. The van der Waals surface area contributed by atoms with Crippen LogP contribution in [-0.4, -0.2) is 23.5 Å². The fraction of sp³-hybridized carbons (Fsp3) is 0.235. The number of benzene rings is 2. The number of hydrogen-bond donors (Lipinski definition) is 3. The van der Waals surface area contributed by atoms with E-state index in [-0.39, 0.29) is 17.2 Å². The lowest BCUT2D eigenvalue weighted by molar-refractivity contribution is -0.286. The van der Waals surface area contributed by atoms with E-state index in [0.29, 0.717) is 6.42 Å². The van der Waals surface area contributed by atoms with Crippen molar-refractivity contribution < 1.29 is 28.2 Å². The number of aliphatic hydroxyl groups is 1. The topological polar surface area (TPSA) is 79.8 Å². The molecule has 1 heterocycles. The summed E-state index contributed by atoms with van der Waals surface area (Å²) in [6.07, 6.45) is -3.97. The van der Waals surface area contributed by atoms with Crippen LogP contribution in [0.4, 0.5) is 19.3 Å². The largest absolute Gasteiger partial charge is 0.586 e. The van der Waals surface area contributed by atoms with Crippen molar-refractivity contribution in [3.05, 3.63) is 53.6 Å². The second-order valence-corrected chi connectivity index (χ2v) is 5.88. The van der Waals surface area contributed by atoms with Gasteiger partial charge in [-0.1, -0.05) is 24.3 Å². The Morgan fingerprint density at radius 2 is 1.92 bits per heavy atom. The Morgan fingerprint density at radius 1 is 1.16 bits per heavy atom. The van der Waals surface area contributed by atoms with Gasteiger partial charge in [-0.15, -0.1) is 8.78 Å². The molecule has 0 unspecified atom stereocenters. The highest BCUT2D eigenvalue weighted by Crippen LogP contribution is 2.42. The van der Waals surface area contributed by atoms with Crippen LogP contribution in [0.5, 0.6) is 11.5 Å². The molecule has 2 aromatic rings. The van der Waals surface area contributed by atoms with E-state index in [0.717, 1.165) is 11.1 Å². The van der Waals surface area contributed by atoms with E-state index in [1.165, 1.54) is 18.2 Å². The monoisotopic (exact) mass is 348 g/mol. The number of hydrogen-bond acceptors (Lipinski definition) is 4. The number of ether oxygens (including phenoxy) is 2. The minimum atomic E-state index is -3.71. The second-order valence-electron chi connectivity index (χ2n) is 5.88. The highest BCUT2D eigenvalue weighted by Gasteiger charge is 2.43. The quantitative estimate of drug-likeness (QED) is 0.780. The third kappa shape index (κ3) is 2.96. The maximum Gasteiger partial charge on any atom is 0.586 e. The van der Waals surface area contributed by atoms with Crippen molar-refractivity contribution >= 4 is 11.7 Å². The summed E-state index contributed by atoms with van der Waals surface area (Å²) in [5.41, 5.74) is 2.10. The molecule has 0 fully saturated rings. The Hall–Kier alpha value is -2.87. The Bertz CT molecular complexity index is 843. The van der Waals surface area contributed by atoms with Crippen LogP contribution >= 0.6 is 0 Å². The molecule has 6 nitrogen and oxygen atoms in total. The molecule has 1 aliphatic carbocycles. The SMILES string of the molecule is O=C(Nc1ccc2c(c1)OC(F)(F)O2)N[C@@H]1c2ccccc2C[C@@H]1O. The number of alkyl halides is 2. The smallest absolute Gasteiger partial charge is 0.395 e.